The average molecular weight is 318 g/mol. The summed E-state index contributed by atoms with van der Waals surface area (Å²) in [5.41, 5.74) is 1.12. The van der Waals surface area contributed by atoms with Gasteiger partial charge in [-0.15, -0.1) is 0 Å². The van der Waals surface area contributed by atoms with Gasteiger partial charge in [0.05, 0.1) is 10.2 Å². The Bertz CT molecular complexity index is 403. The fraction of sp³-hybridized carbons (Fsp3) is 0.692. The Morgan fingerprint density at radius 3 is 2.59 bits per heavy atom. The second-order valence-electron chi connectivity index (χ2n) is 4.86. The van der Waals surface area contributed by atoms with Gasteiger partial charge >= 0.3 is 0 Å². The molecule has 1 fully saturated rings. The summed E-state index contributed by atoms with van der Waals surface area (Å²) in [4.78, 5) is 9.13. The van der Waals surface area contributed by atoms with Crippen LogP contribution in [0.4, 0.5) is 0 Å². The molecule has 0 spiro atoms. The van der Waals surface area contributed by atoms with E-state index in [0.29, 0.717) is 17.0 Å². The Labute approximate surface area is 116 Å². The molecule has 1 saturated carbocycles. The van der Waals surface area contributed by atoms with E-state index in [-0.39, 0.29) is 0 Å². The molecule has 1 aromatic rings. The average Bonchev–Trinajstić information content (AvgIpc) is 2.85. The topological polar surface area (TPSA) is 25.8 Å². The van der Waals surface area contributed by atoms with Gasteiger partial charge in [0.2, 0.25) is 0 Å². The van der Waals surface area contributed by atoms with Crippen molar-refractivity contribution in [2.45, 2.75) is 57.8 Å². The molecule has 0 aliphatic heterocycles. The van der Waals surface area contributed by atoms with Crippen molar-refractivity contribution in [1.82, 2.24) is 9.97 Å². The van der Waals surface area contributed by atoms with Crippen LogP contribution in [0.2, 0.25) is 5.15 Å². The third-order valence-corrected chi connectivity index (χ3v) is 4.93. The quantitative estimate of drug-likeness (QED) is 0.728. The fourth-order valence-electron chi connectivity index (χ4n) is 2.33. The minimum Gasteiger partial charge on any atom is -0.236 e. The maximum Gasteiger partial charge on any atom is 0.147 e. The molecule has 1 aromatic heterocycles. The molecule has 1 aliphatic carbocycles. The van der Waals surface area contributed by atoms with Crippen molar-refractivity contribution in [2.24, 2.45) is 0 Å². The summed E-state index contributed by atoms with van der Waals surface area (Å²) >= 11 is 9.74. The summed E-state index contributed by atoms with van der Waals surface area (Å²) in [6, 6.07) is 0. The maximum absolute atomic E-state index is 6.20. The van der Waals surface area contributed by atoms with Crippen molar-refractivity contribution in [1.29, 1.82) is 0 Å². The zero-order chi connectivity index (χ0) is 12.4. The minimum absolute atomic E-state index is 0.376. The van der Waals surface area contributed by atoms with Crippen LogP contribution in [0.25, 0.3) is 0 Å². The van der Waals surface area contributed by atoms with Gasteiger partial charge in [0.25, 0.3) is 0 Å². The van der Waals surface area contributed by atoms with E-state index in [4.69, 9.17) is 16.6 Å². The Morgan fingerprint density at radius 1 is 1.35 bits per heavy atom. The summed E-state index contributed by atoms with van der Waals surface area (Å²) in [7, 11) is 0. The van der Waals surface area contributed by atoms with Crippen LogP contribution < -0.4 is 0 Å². The van der Waals surface area contributed by atoms with Crippen molar-refractivity contribution >= 4 is 27.5 Å². The van der Waals surface area contributed by atoms with E-state index >= 15 is 0 Å². The highest BCUT2D eigenvalue weighted by atomic mass is 79.9. The summed E-state index contributed by atoms with van der Waals surface area (Å²) < 4.78 is 0.901. The van der Waals surface area contributed by atoms with Crippen LogP contribution >= 0.6 is 27.5 Å². The van der Waals surface area contributed by atoms with Crippen molar-refractivity contribution in [2.75, 3.05) is 0 Å². The Hall–Kier alpha value is -0.150. The van der Waals surface area contributed by atoms with Gasteiger partial charge in [-0.3, -0.25) is 0 Å². The highest BCUT2D eigenvalue weighted by Crippen LogP contribution is 2.39. The van der Waals surface area contributed by atoms with Gasteiger partial charge in [0, 0.05) is 11.8 Å². The molecule has 1 heterocycles. The van der Waals surface area contributed by atoms with Gasteiger partial charge in [0.15, 0.2) is 0 Å². The van der Waals surface area contributed by atoms with E-state index in [0.717, 1.165) is 22.4 Å². The summed E-state index contributed by atoms with van der Waals surface area (Å²) in [5, 5.41) is 0.567. The maximum atomic E-state index is 6.20. The molecule has 0 N–H and O–H groups in total. The van der Waals surface area contributed by atoms with E-state index in [1.54, 1.807) is 0 Å². The van der Waals surface area contributed by atoms with Crippen LogP contribution in [0, 0.1) is 0 Å². The number of nitrogens with zero attached hydrogens (tertiary/aromatic N) is 2. The lowest BCUT2D eigenvalue weighted by molar-refractivity contribution is 0.636. The molecule has 17 heavy (non-hydrogen) atoms. The monoisotopic (exact) mass is 316 g/mol. The van der Waals surface area contributed by atoms with Crippen LogP contribution in [0.5, 0.6) is 0 Å². The van der Waals surface area contributed by atoms with E-state index in [1.807, 2.05) is 0 Å². The SMILES string of the molecule is CCC(C)c1nc(Cl)c(Br)c(C2CCCC2)n1. The molecular weight excluding hydrogens is 300 g/mol. The number of hydrogen-bond acceptors (Lipinski definition) is 2. The summed E-state index contributed by atoms with van der Waals surface area (Å²) in [5.74, 6) is 1.83. The normalized spacial score (nSPS) is 18.6. The molecule has 2 rings (SSSR count). The second kappa shape index (κ2) is 5.66. The first-order chi connectivity index (χ1) is 8.13. The third-order valence-electron chi connectivity index (χ3n) is 3.65. The Balaban J connectivity index is 2.38. The van der Waals surface area contributed by atoms with Gasteiger partial charge in [-0.05, 0) is 35.2 Å². The van der Waals surface area contributed by atoms with Gasteiger partial charge in [0.1, 0.15) is 11.0 Å². The number of rotatable bonds is 3. The molecule has 0 amide bonds. The standard InChI is InChI=1S/C13H18BrClN2/c1-3-8(2)13-16-11(9-6-4-5-7-9)10(14)12(15)17-13/h8-9H,3-7H2,1-2H3. The molecular formula is C13H18BrClN2. The van der Waals surface area contributed by atoms with Crippen LogP contribution in [-0.2, 0) is 0 Å². The molecule has 2 nitrogen and oxygen atoms in total. The number of halogens is 2. The fourth-order valence-corrected chi connectivity index (χ4v) is 3.01. The zero-order valence-electron chi connectivity index (χ0n) is 10.3. The number of aromatic nitrogens is 2. The van der Waals surface area contributed by atoms with Crippen molar-refractivity contribution in [3.8, 4) is 0 Å². The van der Waals surface area contributed by atoms with E-state index < -0.39 is 0 Å². The zero-order valence-corrected chi connectivity index (χ0v) is 12.7. The van der Waals surface area contributed by atoms with Gasteiger partial charge in [-0.1, -0.05) is 38.3 Å². The lowest BCUT2D eigenvalue weighted by Gasteiger charge is -2.15. The molecule has 1 aliphatic rings. The first-order valence-electron chi connectivity index (χ1n) is 6.36. The third kappa shape index (κ3) is 2.82. The predicted octanol–water partition coefficient (Wildman–Crippen LogP) is 5.06. The minimum atomic E-state index is 0.376. The van der Waals surface area contributed by atoms with Gasteiger partial charge in [-0.25, -0.2) is 9.97 Å². The second-order valence-corrected chi connectivity index (χ2v) is 6.01. The van der Waals surface area contributed by atoms with Crippen LogP contribution in [-0.4, -0.2) is 9.97 Å². The Kier molecular flexibility index (Phi) is 4.42. The smallest absolute Gasteiger partial charge is 0.147 e. The molecule has 0 bridgehead atoms. The molecule has 4 heteroatoms. The first kappa shape index (κ1) is 13.3. The van der Waals surface area contributed by atoms with Crippen molar-refractivity contribution in [3.63, 3.8) is 0 Å². The van der Waals surface area contributed by atoms with Crippen LogP contribution in [0.15, 0.2) is 4.47 Å². The summed E-state index contributed by atoms with van der Waals surface area (Å²) in [6.07, 6.45) is 6.11. The van der Waals surface area contributed by atoms with Crippen molar-refractivity contribution < 1.29 is 0 Å². The van der Waals surface area contributed by atoms with Crippen LogP contribution in [0.3, 0.4) is 0 Å². The molecule has 1 unspecified atom stereocenters. The lowest BCUT2D eigenvalue weighted by Crippen LogP contribution is -2.07. The largest absolute Gasteiger partial charge is 0.236 e. The molecule has 0 aromatic carbocycles. The molecule has 0 radical (unpaired) electrons. The highest BCUT2D eigenvalue weighted by Gasteiger charge is 2.24. The molecule has 94 valence electrons. The van der Waals surface area contributed by atoms with E-state index in [9.17, 15) is 0 Å². The summed E-state index contributed by atoms with van der Waals surface area (Å²) in [6.45, 7) is 4.30. The predicted molar refractivity (Wildman–Crippen MR) is 74.7 cm³/mol. The van der Waals surface area contributed by atoms with Gasteiger partial charge < -0.3 is 0 Å². The highest BCUT2D eigenvalue weighted by molar-refractivity contribution is 9.10. The first-order valence-corrected chi connectivity index (χ1v) is 7.53. The van der Waals surface area contributed by atoms with Crippen LogP contribution in [0.1, 0.15) is 69.3 Å². The molecule has 0 saturated heterocycles. The number of hydrogen-bond donors (Lipinski definition) is 0. The molecule has 1 atom stereocenters. The lowest BCUT2D eigenvalue weighted by atomic mass is 10.0. The van der Waals surface area contributed by atoms with Gasteiger partial charge in [-0.2, -0.15) is 0 Å². The Morgan fingerprint density at radius 2 is 2.00 bits per heavy atom. The van der Waals surface area contributed by atoms with E-state index in [1.165, 1.54) is 25.7 Å². The van der Waals surface area contributed by atoms with E-state index in [2.05, 4.69) is 34.8 Å². The van der Waals surface area contributed by atoms with Crippen molar-refractivity contribution in [3.05, 3.63) is 21.1 Å².